The van der Waals surface area contributed by atoms with Crippen LogP contribution >= 0.6 is 0 Å². The van der Waals surface area contributed by atoms with E-state index < -0.39 is 11.8 Å². The van der Waals surface area contributed by atoms with Crippen molar-refractivity contribution in [1.82, 2.24) is 24.8 Å². The molecule has 1 unspecified atom stereocenters. The molecule has 2 aromatic heterocycles. The molecule has 0 saturated heterocycles. The Bertz CT molecular complexity index is 3060. The average molecular weight is 920 g/mol. The van der Waals surface area contributed by atoms with E-state index in [9.17, 15) is 14.9 Å². The molecule has 7 aromatic rings. The molecule has 2 heterocycles. The number of aromatic nitrogens is 4. The molecular formula is C52H45N11O6. The lowest BCUT2D eigenvalue weighted by Crippen LogP contribution is -2.25. The number of rotatable bonds is 19. The van der Waals surface area contributed by atoms with Gasteiger partial charge in [-0.15, -0.1) is 0 Å². The van der Waals surface area contributed by atoms with Crippen LogP contribution in [0.5, 0.6) is 40.5 Å². The number of nitrogens with two attached hydrogens (primary N) is 2. The highest BCUT2D eigenvalue weighted by Gasteiger charge is 2.18. The predicted molar refractivity (Wildman–Crippen MR) is 261 cm³/mol. The first kappa shape index (κ1) is 47.4. The maximum Gasteiger partial charge on any atom is 0.266 e. The van der Waals surface area contributed by atoms with Crippen molar-refractivity contribution in [3.05, 3.63) is 164 Å². The van der Waals surface area contributed by atoms with E-state index >= 15 is 0 Å². The van der Waals surface area contributed by atoms with Crippen molar-refractivity contribution >= 4 is 34.8 Å². The van der Waals surface area contributed by atoms with Gasteiger partial charge in [0.1, 0.15) is 76.3 Å². The highest BCUT2D eigenvalue weighted by atomic mass is 16.5. The molecule has 17 heteroatoms. The lowest BCUT2D eigenvalue weighted by atomic mass is 10.1. The predicted octanol–water partition coefficient (Wildman–Crippen LogP) is 9.34. The van der Waals surface area contributed by atoms with Gasteiger partial charge in [0.05, 0.1) is 17.2 Å². The minimum absolute atomic E-state index is 0.0356. The van der Waals surface area contributed by atoms with Crippen LogP contribution < -0.4 is 41.0 Å². The number of anilines is 4. The van der Waals surface area contributed by atoms with Crippen molar-refractivity contribution in [2.45, 2.75) is 19.4 Å². The minimum atomic E-state index is -0.626. The summed E-state index contributed by atoms with van der Waals surface area (Å²) in [7, 11) is 1.89. The summed E-state index contributed by atoms with van der Waals surface area (Å²) < 4.78 is 24.3. The molecule has 0 fully saturated rings. The first-order chi connectivity index (χ1) is 33.5. The number of benzene rings is 5. The fraction of sp³-hybridized carbons (Fsp3) is 0.115. The largest absolute Gasteiger partial charge is 0.491 e. The molecular weight excluding hydrogens is 875 g/mol. The van der Waals surface area contributed by atoms with Gasteiger partial charge >= 0.3 is 0 Å². The summed E-state index contributed by atoms with van der Waals surface area (Å²) in [4.78, 5) is 44.2. The summed E-state index contributed by atoms with van der Waals surface area (Å²) in [5.74, 6) is 2.48. The van der Waals surface area contributed by atoms with Crippen LogP contribution in [0.4, 0.5) is 23.0 Å². The second-order valence-corrected chi connectivity index (χ2v) is 15.3. The average Bonchev–Trinajstić information content (AvgIpc) is 3.35. The number of carbonyl (C=O) groups excluding carboxylic acids is 2. The zero-order valence-electron chi connectivity index (χ0n) is 37.5. The molecule has 0 aliphatic rings. The van der Waals surface area contributed by atoms with Gasteiger partial charge in [-0.1, -0.05) is 55.1 Å². The zero-order chi connectivity index (χ0) is 48.7. The van der Waals surface area contributed by atoms with Gasteiger partial charge in [-0.05, 0) is 110 Å². The molecule has 6 N–H and O–H groups in total. The Hall–Kier alpha value is -9.58. The number of likely N-dealkylation sites (N-methyl/N-ethyl adjacent to an activating group) is 1. The zero-order valence-corrected chi connectivity index (χ0v) is 37.5. The number of nitrogen functional groups attached to an aromatic ring is 2. The monoisotopic (exact) mass is 919 g/mol. The first-order valence-corrected chi connectivity index (χ1v) is 21.3. The van der Waals surface area contributed by atoms with Crippen LogP contribution in [0, 0.1) is 22.7 Å². The smallest absolute Gasteiger partial charge is 0.266 e. The quantitative estimate of drug-likeness (QED) is 0.0436. The molecule has 7 rings (SSSR count). The van der Waals surface area contributed by atoms with E-state index in [-0.39, 0.29) is 40.6 Å². The van der Waals surface area contributed by atoms with Crippen molar-refractivity contribution < 1.29 is 28.5 Å². The number of hydrogen-bond acceptors (Lipinski definition) is 15. The van der Waals surface area contributed by atoms with Crippen LogP contribution in [0.3, 0.4) is 0 Å². The highest BCUT2D eigenvalue weighted by Crippen LogP contribution is 2.38. The maximum absolute atomic E-state index is 13.1. The van der Waals surface area contributed by atoms with E-state index in [1.807, 2.05) is 91.7 Å². The second-order valence-electron chi connectivity index (χ2n) is 15.3. The van der Waals surface area contributed by atoms with E-state index in [1.54, 1.807) is 72.8 Å². The molecule has 0 aliphatic carbocycles. The van der Waals surface area contributed by atoms with E-state index in [4.69, 9.17) is 35.7 Å². The highest BCUT2D eigenvalue weighted by molar-refractivity contribution is 6.07. The maximum atomic E-state index is 13.1. The second kappa shape index (κ2) is 22.6. The van der Waals surface area contributed by atoms with Gasteiger partial charge in [0.2, 0.25) is 11.8 Å². The number of ether oxygens (including phenoxy) is 4. The fourth-order valence-electron chi connectivity index (χ4n) is 6.62. The van der Waals surface area contributed by atoms with Gasteiger partial charge in [0.15, 0.2) is 0 Å². The lowest BCUT2D eigenvalue weighted by Gasteiger charge is -2.19. The number of nitriles is 2. The van der Waals surface area contributed by atoms with Crippen molar-refractivity contribution in [3.8, 4) is 74.9 Å². The number of amides is 2. The molecule has 5 aromatic carbocycles. The standard InChI is InChI=1S/C52H45N11O6/c1-33(29-53)49(64)62-39-8-7-11-44(28-39)69-52-46(48(56)58-32-60-52)35-12-18-41(19-13-35)66-34(2)24-26-63(3)27-25-37(30-54)50(65)61-38-16-22-43(23-17-38)68-51-45(47(55)57-31-59-51)36-14-20-42(21-15-36)67-40-9-5-4-6-10-40/h4-23,25,28,31-32,34H,1,24,26-27H2,2-3H3,(H,61,65)(H,62,64)(H2,55,57,59)(H2,56,58,60). The molecule has 0 spiro atoms. The third-order valence-electron chi connectivity index (χ3n) is 10.2. The number of carbonyl (C=O) groups is 2. The summed E-state index contributed by atoms with van der Waals surface area (Å²) in [6, 6.07) is 41.0. The van der Waals surface area contributed by atoms with Gasteiger partial charge < -0.3 is 45.9 Å². The van der Waals surface area contributed by atoms with Crippen molar-refractivity contribution in [2.24, 2.45) is 0 Å². The van der Waals surface area contributed by atoms with E-state index in [0.717, 1.165) is 5.56 Å². The lowest BCUT2D eigenvalue weighted by molar-refractivity contribution is -0.113. The van der Waals surface area contributed by atoms with E-state index in [2.05, 4.69) is 37.1 Å². The summed E-state index contributed by atoms with van der Waals surface area (Å²) >= 11 is 0. The van der Waals surface area contributed by atoms with Gasteiger partial charge in [0.25, 0.3) is 11.8 Å². The fourth-order valence-corrected chi connectivity index (χ4v) is 6.62. The van der Waals surface area contributed by atoms with Gasteiger partial charge in [0, 0.05) is 30.5 Å². The van der Waals surface area contributed by atoms with Crippen LogP contribution in [0.25, 0.3) is 22.3 Å². The van der Waals surface area contributed by atoms with Gasteiger partial charge in [-0.25, -0.2) is 19.9 Å². The van der Waals surface area contributed by atoms with Crippen molar-refractivity contribution in [1.29, 1.82) is 10.5 Å². The molecule has 0 aliphatic heterocycles. The first-order valence-electron chi connectivity index (χ1n) is 21.3. The summed E-state index contributed by atoms with van der Waals surface area (Å²) in [6.45, 7) is 6.34. The molecule has 17 nitrogen and oxygen atoms in total. The molecule has 344 valence electrons. The van der Waals surface area contributed by atoms with Crippen LogP contribution in [-0.4, -0.2) is 62.9 Å². The third-order valence-corrected chi connectivity index (χ3v) is 10.2. The SMILES string of the molecule is C=C(C#N)C(=O)Nc1cccc(Oc2ncnc(N)c2-c2ccc(OC(C)CCN(C)CC=C(C#N)C(=O)Nc3ccc(Oc4ncnc(N)c4-c4ccc(Oc5ccccc5)cc4)cc3)cc2)c1. The number of para-hydroxylation sites is 1. The number of hydrogen-bond donors (Lipinski definition) is 4. The number of nitrogens with zero attached hydrogens (tertiary/aromatic N) is 7. The van der Waals surface area contributed by atoms with Crippen LogP contribution in [0.2, 0.25) is 0 Å². The molecule has 2 amide bonds. The van der Waals surface area contributed by atoms with E-state index in [0.29, 0.717) is 76.3 Å². The van der Waals surface area contributed by atoms with Gasteiger partial charge in [-0.3, -0.25) is 9.59 Å². The Labute approximate surface area is 397 Å². The molecule has 0 radical (unpaired) electrons. The Morgan fingerprint density at radius 3 is 1.81 bits per heavy atom. The Balaban J connectivity index is 0.884. The van der Waals surface area contributed by atoms with Crippen molar-refractivity contribution in [2.75, 3.05) is 42.2 Å². The normalized spacial score (nSPS) is 11.3. The van der Waals surface area contributed by atoms with Gasteiger partial charge in [-0.2, -0.15) is 10.5 Å². The van der Waals surface area contributed by atoms with Crippen LogP contribution in [-0.2, 0) is 9.59 Å². The van der Waals surface area contributed by atoms with Crippen LogP contribution in [0.15, 0.2) is 164 Å². The van der Waals surface area contributed by atoms with E-state index in [1.165, 1.54) is 12.7 Å². The van der Waals surface area contributed by atoms with Crippen LogP contribution in [0.1, 0.15) is 13.3 Å². The third kappa shape index (κ3) is 12.8. The molecule has 69 heavy (non-hydrogen) atoms. The topological polar surface area (TPSA) is 250 Å². The Morgan fingerprint density at radius 2 is 1.20 bits per heavy atom. The number of nitrogens with one attached hydrogen (secondary N) is 2. The molecule has 1 atom stereocenters. The summed E-state index contributed by atoms with van der Waals surface area (Å²) in [5, 5.41) is 24.2. The molecule has 0 bridgehead atoms. The Morgan fingerprint density at radius 1 is 0.667 bits per heavy atom. The summed E-state index contributed by atoms with van der Waals surface area (Å²) in [6.07, 6.45) is 4.66. The summed E-state index contributed by atoms with van der Waals surface area (Å²) in [5.41, 5.74) is 15.5. The Kier molecular flexibility index (Phi) is 15.5. The minimum Gasteiger partial charge on any atom is -0.491 e. The molecule has 0 saturated carbocycles. The van der Waals surface area contributed by atoms with Crippen molar-refractivity contribution in [3.63, 3.8) is 0 Å².